The van der Waals surface area contributed by atoms with Gasteiger partial charge in [0, 0.05) is 39.0 Å². The van der Waals surface area contributed by atoms with Crippen molar-refractivity contribution in [2.45, 2.75) is 64.2 Å². The Kier molecular flexibility index (Phi) is 5.69. The molecule has 4 heteroatoms. The molecule has 142 valence electrons. The quantitative estimate of drug-likeness (QED) is 0.807. The summed E-state index contributed by atoms with van der Waals surface area (Å²) in [5.41, 5.74) is 2.94. The third-order valence-corrected chi connectivity index (χ3v) is 6.52. The molecule has 1 spiro atoms. The Labute approximate surface area is 157 Å². The van der Waals surface area contributed by atoms with Crippen LogP contribution in [0.4, 0.5) is 0 Å². The van der Waals surface area contributed by atoms with Crippen molar-refractivity contribution < 1.29 is 9.59 Å². The summed E-state index contributed by atoms with van der Waals surface area (Å²) in [6.45, 7) is 9.28. The molecule has 1 aromatic carbocycles. The van der Waals surface area contributed by atoms with Crippen LogP contribution >= 0.6 is 0 Å². The van der Waals surface area contributed by atoms with Gasteiger partial charge < -0.3 is 9.80 Å². The summed E-state index contributed by atoms with van der Waals surface area (Å²) in [5, 5.41) is 0. The molecular formula is C22H32N2O2. The highest BCUT2D eigenvalue weighted by atomic mass is 16.2. The third-order valence-electron chi connectivity index (χ3n) is 6.52. The minimum absolute atomic E-state index is 0.148. The minimum atomic E-state index is 0.148. The summed E-state index contributed by atoms with van der Waals surface area (Å²) in [6.07, 6.45) is 4.29. The van der Waals surface area contributed by atoms with Crippen molar-refractivity contribution in [2.24, 2.45) is 0 Å². The fourth-order valence-electron chi connectivity index (χ4n) is 5.01. The molecule has 4 nitrogen and oxygen atoms in total. The molecule has 1 saturated heterocycles. The number of likely N-dealkylation sites (tertiary alicyclic amines) is 1. The topological polar surface area (TPSA) is 40.6 Å². The molecule has 0 bridgehead atoms. The molecule has 0 radical (unpaired) electrons. The van der Waals surface area contributed by atoms with E-state index in [4.69, 9.17) is 0 Å². The summed E-state index contributed by atoms with van der Waals surface area (Å²) in [5.74, 6) is 0.845. The van der Waals surface area contributed by atoms with Crippen LogP contribution in [-0.4, -0.2) is 47.8 Å². The zero-order chi connectivity index (χ0) is 18.7. The van der Waals surface area contributed by atoms with Gasteiger partial charge in [0.15, 0.2) is 0 Å². The maximum Gasteiger partial charge on any atom is 0.223 e. The Balaban J connectivity index is 1.78. The van der Waals surface area contributed by atoms with Crippen LogP contribution in [0.15, 0.2) is 24.3 Å². The fraction of sp³-hybridized carbons (Fsp3) is 0.636. The van der Waals surface area contributed by atoms with E-state index in [-0.39, 0.29) is 17.2 Å². The van der Waals surface area contributed by atoms with E-state index in [1.807, 2.05) is 30.6 Å². The van der Waals surface area contributed by atoms with Gasteiger partial charge in [0.05, 0.1) is 0 Å². The maximum absolute atomic E-state index is 12.7. The highest BCUT2D eigenvalue weighted by molar-refractivity contribution is 5.78. The van der Waals surface area contributed by atoms with Gasteiger partial charge >= 0.3 is 0 Å². The van der Waals surface area contributed by atoms with Gasteiger partial charge in [-0.05, 0) is 55.6 Å². The van der Waals surface area contributed by atoms with E-state index in [9.17, 15) is 9.59 Å². The molecule has 0 saturated carbocycles. The third kappa shape index (κ3) is 3.38. The predicted molar refractivity (Wildman–Crippen MR) is 104 cm³/mol. The van der Waals surface area contributed by atoms with Gasteiger partial charge in [0.2, 0.25) is 11.8 Å². The van der Waals surface area contributed by atoms with Crippen LogP contribution in [0.5, 0.6) is 0 Å². The van der Waals surface area contributed by atoms with Crippen molar-refractivity contribution in [3.05, 3.63) is 35.4 Å². The molecule has 2 aliphatic rings. The molecule has 1 heterocycles. The lowest BCUT2D eigenvalue weighted by atomic mass is 9.73. The van der Waals surface area contributed by atoms with Crippen LogP contribution in [-0.2, 0) is 15.0 Å². The number of hydrogen-bond donors (Lipinski definition) is 0. The first kappa shape index (κ1) is 18.9. The molecule has 0 aromatic heterocycles. The molecule has 1 fully saturated rings. The second-order valence-electron chi connectivity index (χ2n) is 7.77. The molecule has 26 heavy (non-hydrogen) atoms. The maximum atomic E-state index is 12.7. The predicted octanol–water partition coefficient (Wildman–Crippen LogP) is 3.70. The molecule has 0 unspecified atom stereocenters. The number of piperidine rings is 1. The molecule has 1 atom stereocenters. The van der Waals surface area contributed by atoms with Crippen molar-refractivity contribution in [2.75, 3.05) is 26.2 Å². The number of hydrogen-bond acceptors (Lipinski definition) is 2. The van der Waals surface area contributed by atoms with Gasteiger partial charge in [0.1, 0.15) is 0 Å². The standard InChI is InChI=1S/C22H32N2O2/c1-4-20(25)24-13-11-22(12-14-24)16-17(15-21(26)23(5-2)6-3)18-9-7-8-10-19(18)22/h7-10,17H,4-6,11-16H2,1-3H3/t17-/m0/s1. The summed E-state index contributed by atoms with van der Waals surface area (Å²) in [6, 6.07) is 8.70. The fourth-order valence-corrected chi connectivity index (χ4v) is 5.01. The Hall–Kier alpha value is -1.84. The molecule has 1 aromatic rings. The normalized spacial score (nSPS) is 20.9. The van der Waals surface area contributed by atoms with Crippen LogP contribution in [0.3, 0.4) is 0 Å². The molecule has 3 rings (SSSR count). The van der Waals surface area contributed by atoms with Gasteiger partial charge in [-0.2, -0.15) is 0 Å². The van der Waals surface area contributed by atoms with Gasteiger partial charge in [-0.25, -0.2) is 0 Å². The van der Waals surface area contributed by atoms with Crippen molar-refractivity contribution in [3.63, 3.8) is 0 Å². The SMILES string of the molecule is CCC(=O)N1CCC2(CC1)C[C@H](CC(=O)N(CC)CC)c1ccccc12. The van der Waals surface area contributed by atoms with Crippen LogP contribution in [0.25, 0.3) is 0 Å². The summed E-state index contributed by atoms with van der Waals surface area (Å²) in [7, 11) is 0. The number of amides is 2. The highest BCUT2D eigenvalue weighted by Crippen LogP contribution is 2.52. The largest absolute Gasteiger partial charge is 0.343 e. The molecule has 1 aliphatic carbocycles. The van der Waals surface area contributed by atoms with E-state index in [1.54, 1.807) is 0 Å². The Bertz CT molecular complexity index is 658. The first-order valence-corrected chi connectivity index (χ1v) is 10.2. The van der Waals surface area contributed by atoms with E-state index in [1.165, 1.54) is 11.1 Å². The van der Waals surface area contributed by atoms with Crippen molar-refractivity contribution in [3.8, 4) is 0 Å². The lowest BCUT2D eigenvalue weighted by molar-refractivity contribution is -0.132. The van der Waals surface area contributed by atoms with Gasteiger partial charge in [-0.1, -0.05) is 31.2 Å². The molecule has 0 N–H and O–H groups in total. The average molecular weight is 357 g/mol. The zero-order valence-electron chi connectivity index (χ0n) is 16.5. The molecular weight excluding hydrogens is 324 g/mol. The lowest BCUT2D eigenvalue weighted by Gasteiger charge is -2.40. The number of fused-ring (bicyclic) bond motifs is 2. The second-order valence-corrected chi connectivity index (χ2v) is 7.77. The van der Waals surface area contributed by atoms with E-state index >= 15 is 0 Å². The van der Waals surface area contributed by atoms with Crippen molar-refractivity contribution in [1.82, 2.24) is 9.80 Å². The average Bonchev–Trinajstić information content (AvgIpc) is 2.96. The van der Waals surface area contributed by atoms with Crippen molar-refractivity contribution in [1.29, 1.82) is 0 Å². The van der Waals surface area contributed by atoms with E-state index < -0.39 is 0 Å². The zero-order valence-corrected chi connectivity index (χ0v) is 16.5. The smallest absolute Gasteiger partial charge is 0.223 e. The van der Waals surface area contributed by atoms with Crippen LogP contribution in [0, 0.1) is 0 Å². The second kappa shape index (κ2) is 7.81. The van der Waals surface area contributed by atoms with Crippen molar-refractivity contribution >= 4 is 11.8 Å². The monoisotopic (exact) mass is 356 g/mol. The lowest BCUT2D eigenvalue weighted by Crippen LogP contribution is -2.44. The van der Waals surface area contributed by atoms with Gasteiger partial charge in [-0.15, -0.1) is 0 Å². The Morgan fingerprint density at radius 1 is 1.12 bits per heavy atom. The van der Waals surface area contributed by atoms with Crippen LogP contribution in [0.2, 0.25) is 0 Å². The Morgan fingerprint density at radius 3 is 2.38 bits per heavy atom. The van der Waals surface area contributed by atoms with Gasteiger partial charge in [0.25, 0.3) is 0 Å². The van der Waals surface area contributed by atoms with Gasteiger partial charge in [-0.3, -0.25) is 9.59 Å². The first-order chi connectivity index (χ1) is 12.5. The number of rotatable bonds is 5. The Morgan fingerprint density at radius 2 is 1.77 bits per heavy atom. The van der Waals surface area contributed by atoms with E-state index in [0.717, 1.165) is 45.4 Å². The molecule has 2 amide bonds. The summed E-state index contributed by atoms with van der Waals surface area (Å²) < 4.78 is 0. The van der Waals surface area contributed by atoms with E-state index in [0.29, 0.717) is 18.8 Å². The van der Waals surface area contributed by atoms with Crippen LogP contribution in [0.1, 0.15) is 69.9 Å². The van der Waals surface area contributed by atoms with Crippen LogP contribution < -0.4 is 0 Å². The summed E-state index contributed by atoms with van der Waals surface area (Å²) in [4.78, 5) is 28.7. The first-order valence-electron chi connectivity index (χ1n) is 10.2. The number of nitrogens with zero attached hydrogens (tertiary/aromatic N) is 2. The highest BCUT2D eigenvalue weighted by Gasteiger charge is 2.46. The minimum Gasteiger partial charge on any atom is -0.343 e. The summed E-state index contributed by atoms with van der Waals surface area (Å²) >= 11 is 0. The number of carbonyl (C=O) groups excluding carboxylic acids is 2. The van der Waals surface area contributed by atoms with E-state index in [2.05, 4.69) is 24.3 Å². The molecule has 1 aliphatic heterocycles. The number of benzene rings is 1. The number of carbonyl (C=O) groups is 2.